The molecule has 0 bridgehead atoms. The summed E-state index contributed by atoms with van der Waals surface area (Å²) in [6.07, 6.45) is 1.46. The highest BCUT2D eigenvalue weighted by atomic mass is 16.6. The largest absolute Gasteiger partial charge is 0.366 e. The summed E-state index contributed by atoms with van der Waals surface area (Å²) in [5.74, 6) is -0.706. The summed E-state index contributed by atoms with van der Waals surface area (Å²) in [5, 5.41) is 13.3. The third-order valence-corrected chi connectivity index (χ3v) is 2.77. The van der Waals surface area contributed by atoms with Crippen LogP contribution in [0.4, 0.5) is 16.2 Å². The molecule has 21 heavy (non-hydrogen) atoms. The van der Waals surface area contributed by atoms with Crippen LogP contribution < -0.4 is 16.8 Å². The first-order chi connectivity index (χ1) is 9.91. The molecule has 0 spiro atoms. The van der Waals surface area contributed by atoms with Crippen molar-refractivity contribution in [3.8, 4) is 11.3 Å². The molecule has 0 saturated heterocycles. The molecule has 9 heteroatoms. The first-order valence-electron chi connectivity index (χ1n) is 5.73. The summed E-state index contributed by atoms with van der Waals surface area (Å²) in [7, 11) is 0. The highest BCUT2D eigenvalue weighted by Crippen LogP contribution is 2.36. The average Bonchev–Trinajstić information content (AvgIpc) is 2.87. The van der Waals surface area contributed by atoms with Gasteiger partial charge < -0.3 is 21.8 Å². The number of amides is 3. The maximum Gasteiger partial charge on any atom is 0.316 e. The Bertz CT molecular complexity index is 737. The van der Waals surface area contributed by atoms with Crippen molar-refractivity contribution >= 4 is 23.3 Å². The van der Waals surface area contributed by atoms with Crippen molar-refractivity contribution in [2.75, 3.05) is 5.32 Å². The summed E-state index contributed by atoms with van der Waals surface area (Å²) >= 11 is 0. The molecule has 0 aliphatic carbocycles. The van der Waals surface area contributed by atoms with Crippen molar-refractivity contribution in [1.29, 1.82) is 0 Å². The van der Waals surface area contributed by atoms with Crippen molar-refractivity contribution in [3.63, 3.8) is 0 Å². The van der Waals surface area contributed by atoms with E-state index in [1.807, 2.05) is 0 Å². The number of nitrogens with zero attached hydrogens (tertiary/aromatic N) is 1. The van der Waals surface area contributed by atoms with Gasteiger partial charge in [-0.1, -0.05) is 12.1 Å². The van der Waals surface area contributed by atoms with Crippen LogP contribution in [-0.2, 0) is 0 Å². The summed E-state index contributed by atoms with van der Waals surface area (Å²) in [6, 6.07) is 4.60. The Morgan fingerprint density at radius 3 is 2.52 bits per heavy atom. The Morgan fingerprint density at radius 2 is 1.95 bits per heavy atom. The molecule has 9 nitrogen and oxygen atoms in total. The Balaban J connectivity index is 2.70. The zero-order chi connectivity index (χ0) is 15.6. The zero-order valence-corrected chi connectivity index (χ0v) is 10.6. The molecule has 1 aromatic carbocycles. The number of aromatic amines is 1. The minimum absolute atomic E-state index is 0.111. The number of nitro benzene ring substituents is 1. The molecule has 2 rings (SSSR count). The SMILES string of the molecule is NC(=O)Nc1c(-c2[nH]ccc2C(N)=O)cccc1[N+](=O)[O-]. The normalized spacial score (nSPS) is 10.1. The Morgan fingerprint density at radius 1 is 1.24 bits per heavy atom. The van der Waals surface area contributed by atoms with E-state index in [0.29, 0.717) is 0 Å². The third kappa shape index (κ3) is 2.66. The van der Waals surface area contributed by atoms with Crippen LogP contribution in [0, 0.1) is 10.1 Å². The lowest BCUT2D eigenvalue weighted by atomic mass is 10.0. The monoisotopic (exact) mass is 289 g/mol. The van der Waals surface area contributed by atoms with Crippen LogP contribution in [0.15, 0.2) is 30.5 Å². The van der Waals surface area contributed by atoms with Crippen molar-refractivity contribution in [2.45, 2.75) is 0 Å². The first-order valence-corrected chi connectivity index (χ1v) is 5.73. The van der Waals surface area contributed by atoms with Crippen molar-refractivity contribution in [3.05, 3.63) is 46.1 Å². The number of nitro groups is 1. The van der Waals surface area contributed by atoms with E-state index in [4.69, 9.17) is 11.5 Å². The van der Waals surface area contributed by atoms with Gasteiger partial charge in [-0.15, -0.1) is 0 Å². The lowest BCUT2D eigenvalue weighted by Crippen LogP contribution is -2.21. The number of carbonyl (C=O) groups excluding carboxylic acids is 2. The van der Waals surface area contributed by atoms with E-state index in [-0.39, 0.29) is 28.2 Å². The van der Waals surface area contributed by atoms with Gasteiger partial charge in [0.15, 0.2) is 0 Å². The van der Waals surface area contributed by atoms with Crippen LogP contribution in [0.25, 0.3) is 11.3 Å². The summed E-state index contributed by atoms with van der Waals surface area (Å²) < 4.78 is 0. The lowest BCUT2D eigenvalue weighted by molar-refractivity contribution is -0.383. The molecule has 0 atom stereocenters. The van der Waals surface area contributed by atoms with Crippen LogP contribution in [-0.4, -0.2) is 21.8 Å². The third-order valence-electron chi connectivity index (χ3n) is 2.77. The number of nitrogens with one attached hydrogen (secondary N) is 2. The molecule has 3 amide bonds. The number of rotatable bonds is 4. The number of hydrogen-bond donors (Lipinski definition) is 4. The minimum Gasteiger partial charge on any atom is -0.366 e. The highest BCUT2D eigenvalue weighted by Gasteiger charge is 2.22. The number of para-hydroxylation sites is 1. The van der Waals surface area contributed by atoms with Crippen LogP contribution >= 0.6 is 0 Å². The molecule has 2 aromatic rings. The van der Waals surface area contributed by atoms with E-state index >= 15 is 0 Å². The van der Waals surface area contributed by atoms with Gasteiger partial charge in [0.1, 0.15) is 5.69 Å². The lowest BCUT2D eigenvalue weighted by Gasteiger charge is -2.10. The fourth-order valence-corrected chi connectivity index (χ4v) is 1.95. The van der Waals surface area contributed by atoms with E-state index in [1.54, 1.807) is 0 Å². The van der Waals surface area contributed by atoms with E-state index in [1.165, 1.54) is 30.5 Å². The molecule has 0 unspecified atom stereocenters. The maximum absolute atomic E-state index is 11.4. The van der Waals surface area contributed by atoms with E-state index < -0.39 is 16.9 Å². The van der Waals surface area contributed by atoms with Gasteiger partial charge in [-0.2, -0.15) is 0 Å². The predicted molar refractivity (Wildman–Crippen MR) is 74.6 cm³/mol. The summed E-state index contributed by atoms with van der Waals surface area (Å²) in [4.78, 5) is 35.6. The second-order valence-electron chi connectivity index (χ2n) is 4.08. The number of aromatic nitrogens is 1. The topological polar surface area (TPSA) is 157 Å². The van der Waals surface area contributed by atoms with E-state index in [2.05, 4.69) is 10.3 Å². The quantitative estimate of drug-likeness (QED) is 0.492. The van der Waals surface area contributed by atoms with Gasteiger partial charge in [-0.3, -0.25) is 14.9 Å². The van der Waals surface area contributed by atoms with Crippen LogP contribution in [0.1, 0.15) is 10.4 Å². The number of carbonyl (C=O) groups is 2. The van der Waals surface area contributed by atoms with Crippen LogP contribution in [0.2, 0.25) is 0 Å². The molecular formula is C12H11N5O4. The smallest absolute Gasteiger partial charge is 0.316 e. The van der Waals surface area contributed by atoms with Gasteiger partial charge in [0, 0.05) is 17.8 Å². The van der Waals surface area contributed by atoms with Crippen LogP contribution in [0.5, 0.6) is 0 Å². The highest BCUT2D eigenvalue weighted by molar-refractivity contribution is 6.03. The number of hydrogen-bond acceptors (Lipinski definition) is 4. The number of primary amides is 2. The number of benzene rings is 1. The Labute approximate surface area is 118 Å². The van der Waals surface area contributed by atoms with Crippen molar-refractivity contribution < 1.29 is 14.5 Å². The minimum atomic E-state index is -0.960. The van der Waals surface area contributed by atoms with Crippen molar-refractivity contribution in [2.24, 2.45) is 11.5 Å². The van der Waals surface area contributed by atoms with E-state index in [9.17, 15) is 19.7 Å². The predicted octanol–water partition coefficient (Wildman–Crippen LogP) is 1.18. The molecular weight excluding hydrogens is 278 g/mol. The van der Waals surface area contributed by atoms with Crippen LogP contribution in [0.3, 0.4) is 0 Å². The maximum atomic E-state index is 11.4. The van der Waals surface area contributed by atoms with Crippen molar-refractivity contribution in [1.82, 2.24) is 4.98 Å². The fraction of sp³-hybridized carbons (Fsp3) is 0. The Kier molecular flexibility index (Phi) is 3.57. The molecule has 0 radical (unpaired) electrons. The molecule has 108 valence electrons. The number of nitrogens with two attached hydrogens (primary N) is 2. The molecule has 6 N–H and O–H groups in total. The van der Waals surface area contributed by atoms with Gasteiger partial charge in [0.05, 0.1) is 16.2 Å². The molecule has 1 heterocycles. The summed E-state index contributed by atoms with van der Waals surface area (Å²) in [5.41, 5.74) is 10.5. The number of urea groups is 1. The zero-order valence-electron chi connectivity index (χ0n) is 10.6. The fourth-order valence-electron chi connectivity index (χ4n) is 1.95. The Hall–Kier alpha value is -3.36. The van der Waals surface area contributed by atoms with Gasteiger partial charge >= 0.3 is 6.03 Å². The number of anilines is 1. The second-order valence-corrected chi connectivity index (χ2v) is 4.08. The molecule has 0 aliphatic heterocycles. The summed E-state index contributed by atoms with van der Waals surface area (Å²) in [6.45, 7) is 0. The molecule has 1 aromatic heterocycles. The van der Waals surface area contributed by atoms with Gasteiger partial charge in [-0.05, 0) is 6.07 Å². The number of H-pyrrole nitrogens is 1. The van der Waals surface area contributed by atoms with Gasteiger partial charge in [0.25, 0.3) is 11.6 Å². The average molecular weight is 289 g/mol. The van der Waals surface area contributed by atoms with Gasteiger partial charge in [-0.25, -0.2) is 4.79 Å². The molecule has 0 fully saturated rings. The second kappa shape index (κ2) is 5.33. The van der Waals surface area contributed by atoms with Gasteiger partial charge in [0.2, 0.25) is 0 Å². The molecule has 0 saturated carbocycles. The van der Waals surface area contributed by atoms with E-state index in [0.717, 1.165) is 0 Å². The molecule has 0 aliphatic rings. The standard InChI is InChI=1S/C12H11N5O4/c13-11(18)7-4-5-15-9(7)6-2-1-3-8(17(20)21)10(6)16-12(14)19/h1-5,15H,(H2,13,18)(H3,14,16,19). The first kappa shape index (κ1) is 14.1.